The highest BCUT2D eigenvalue weighted by molar-refractivity contribution is 7.93. The van der Waals surface area contributed by atoms with Gasteiger partial charge in [-0.2, -0.15) is 0 Å². The Kier molecular flexibility index (Phi) is 4.09. The molecule has 0 aliphatic rings. The SMILES string of the molecule is CN(c1cc2oc(=O)c(C(=O)O)cc2s1)S(=O)(=O)c1ccc(F)cc1. The van der Waals surface area contributed by atoms with E-state index in [0.717, 1.165) is 46.0 Å². The zero-order valence-corrected chi connectivity index (χ0v) is 14.2. The minimum Gasteiger partial charge on any atom is -0.477 e. The summed E-state index contributed by atoms with van der Waals surface area (Å²) >= 11 is 0.947. The van der Waals surface area contributed by atoms with Crippen molar-refractivity contribution in [3.63, 3.8) is 0 Å². The van der Waals surface area contributed by atoms with Crippen LogP contribution in [0.3, 0.4) is 0 Å². The van der Waals surface area contributed by atoms with Gasteiger partial charge < -0.3 is 9.52 Å². The van der Waals surface area contributed by atoms with E-state index >= 15 is 0 Å². The van der Waals surface area contributed by atoms with Crippen molar-refractivity contribution in [1.82, 2.24) is 0 Å². The van der Waals surface area contributed by atoms with Crippen LogP contribution < -0.4 is 9.93 Å². The summed E-state index contributed by atoms with van der Waals surface area (Å²) in [4.78, 5) is 22.5. The number of carbonyl (C=O) groups is 1. The van der Waals surface area contributed by atoms with E-state index in [4.69, 9.17) is 9.52 Å². The quantitative estimate of drug-likeness (QED) is 0.742. The van der Waals surface area contributed by atoms with Crippen LogP contribution in [0.2, 0.25) is 0 Å². The molecule has 0 spiro atoms. The second-order valence-corrected chi connectivity index (χ2v) is 8.02. The van der Waals surface area contributed by atoms with Gasteiger partial charge in [0, 0.05) is 13.1 Å². The maximum absolute atomic E-state index is 13.0. The van der Waals surface area contributed by atoms with Crippen molar-refractivity contribution in [3.05, 3.63) is 58.2 Å². The molecule has 2 aromatic heterocycles. The largest absolute Gasteiger partial charge is 0.477 e. The van der Waals surface area contributed by atoms with Crippen molar-refractivity contribution in [1.29, 1.82) is 0 Å². The minimum atomic E-state index is -3.95. The van der Waals surface area contributed by atoms with E-state index < -0.39 is 33.0 Å². The fourth-order valence-electron chi connectivity index (χ4n) is 2.09. The molecule has 0 aliphatic carbocycles. The number of carboxylic acids is 1. The van der Waals surface area contributed by atoms with Gasteiger partial charge in [-0.25, -0.2) is 22.4 Å². The molecule has 0 aliphatic heterocycles. The lowest BCUT2D eigenvalue weighted by molar-refractivity contribution is 0.0692. The minimum absolute atomic E-state index is 0.0798. The number of carboxylic acid groups (broad SMARTS) is 1. The summed E-state index contributed by atoms with van der Waals surface area (Å²) in [6.45, 7) is 0. The first-order valence-electron chi connectivity index (χ1n) is 6.75. The van der Waals surface area contributed by atoms with Crippen LogP contribution >= 0.6 is 11.3 Å². The monoisotopic (exact) mass is 383 g/mol. The molecule has 1 aromatic carbocycles. The number of benzene rings is 1. The Morgan fingerprint density at radius 1 is 1.24 bits per heavy atom. The van der Waals surface area contributed by atoms with Crippen LogP contribution in [0.4, 0.5) is 9.39 Å². The predicted octanol–water partition coefficient (Wildman–Crippen LogP) is 2.52. The second-order valence-electron chi connectivity index (χ2n) is 4.99. The summed E-state index contributed by atoms with van der Waals surface area (Å²) in [5, 5.41) is 9.16. The average molecular weight is 383 g/mol. The van der Waals surface area contributed by atoms with Crippen LogP contribution in [-0.2, 0) is 10.0 Å². The van der Waals surface area contributed by atoms with Gasteiger partial charge in [0.05, 0.1) is 9.60 Å². The molecule has 1 N–H and O–H groups in total. The van der Waals surface area contributed by atoms with Gasteiger partial charge in [-0.3, -0.25) is 4.31 Å². The summed E-state index contributed by atoms with van der Waals surface area (Å²) in [7, 11) is -2.66. The van der Waals surface area contributed by atoms with Gasteiger partial charge in [-0.05, 0) is 30.3 Å². The van der Waals surface area contributed by atoms with Crippen LogP contribution in [0.1, 0.15) is 10.4 Å². The molecule has 0 atom stereocenters. The van der Waals surface area contributed by atoms with Crippen LogP contribution in [0.15, 0.2) is 50.5 Å². The normalized spacial score (nSPS) is 11.6. The topological polar surface area (TPSA) is 105 Å². The number of halogens is 1. The maximum Gasteiger partial charge on any atom is 0.351 e. The molecule has 0 amide bonds. The lowest BCUT2D eigenvalue weighted by Crippen LogP contribution is -2.25. The van der Waals surface area contributed by atoms with E-state index in [1.54, 1.807) is 0 Å². The molecule has 10 heteroatoms. The Hall–Kier alpha value is -2.72. The third kappa shape index (κ3) is 3.01. The van der Waals surface area contributed by atoms with Crippen LogP contribution in [0.25, 0.3) is 10.3 Å². The van der Waals surface area contributed by atoms with Crippen molar-refractivity contribution in [3.8, 4) is 0 Å². The summed E-state index contributed by atoms with van der Waals surface area (Å²) in [5.41, 5.74) is -1.48. The molecule has 7 nitrogen and oxygen atoms in total. The number of hydrogen-bond donors (Lipinski definition) is 1. The third-order valence-corrected chi connectivity index (χ3v) is 6.46. The second kappa shape index (κ2) is 5.97. The van der Waals surface area contributed by atoms with E-state index in [0.29, 0.717) is 4.70 Å². The molecule has 25 heavy (non-hydrogen) atoms. The van der Waals surface area contributed by atoms with Crippen LogP contribution in [0.5, 0.6) is 0 Å². The number of thiophene rings is 1. The van der Waals surface area contributed by atoms with E-state index in [9.17, 15) is 22.4 Å². The molecular formula is C15H10FNO6S2. The number of nitrogens with zero attached hydrogens (tertiary/aromatic N) is 1. The number of hydrogen-bond acceptors (Lipinski definition) is 6. The Labute approximate surface area is 144 Å². The number of fused-ring (bicyclic) bond motifs is 1. The summed E-state index contributed by atoms with van der Waals surface area (Å²) in [5.74, 6) is -2.00. The number of anilines is 1. The Morgan fingerprint density at radius 3 is 2.48 bits per heavy atom. The first-order chi connectivity index (χ1) is 11.7. The van der Waals surface area contributed by atoms with Crippen molar-refractivity contribution < 1.29 is 27.1 Å². The van der Waals surface area contributed by atoms with Crippen molar-refractivity contribution in [2.75, 3.05) is 11.4 Å². The Bertz CT molecular complexity index is 1130. The summed E-state index contributed by atoms with van der Waals surface area (Å²) in [6, 6.07) is 6.80. The van der Waals surface area contributed by atoms with Crippen molar-refractivity contribution in [2.24, 2.45) is 0 Å². The highest BCUT2D eigenvalue weighted by atomic mass is 32.2. The van der Waals surface area contributed by atoms with Gasteiger partial charge in [-0.15, -0.1) is 11.3 Å². The van der Waals surface area contributed by atoms with E-state index in [1.807, 2.05) is 0 Å². The lowest BCUT2D eigenvalue weighted by atomic mass is 10.3. The molecule has 0 saturated carbocycles. The maximum atomic E-state index is 13.0. The molecule has 0 radical (unpaired) electrons. The fraction of sp³-hybridized carbons (Fsp3) is 0.0667. The number of sulfonamides is 1. The number of aromatic carboxylic acids is 1. The Balaban J connectivity index is 2.07. The summed E-state index contributed by atoms with van der Waals surface area (Å²) < 4.78 is 44.3. The van der Waals surface area contributed by atoms with Crippen LogP contribution in [0, 0.1) is 5.82 Å². The van der Waals surface area contributed by atoms with Crippen molar-refractivity contribution in [2.45, 2.75) is 4.90 Å². The molecule has 2 heterocycles. The zero-order chi connectivity index (χ0) is 18.4. The molecule has 0 bridgehead atoms. The standard InChI is InChI=1S/C15H10FNO6S2/c1-17(25(21,22)9-4-2-8(16)3-5-9)13-7-11-12(24-13)6-10(14(18)19)15(20)23-11/h2-7H,1H3,(H,18,19). The Morgan fingerprint density at radius 2 is 1.88 bits per heavy atom. The third-order valence-electron chi connectivity index (χ3n) is 3.42. The van der Waals surface area contributed by atoms with Crippen molar-refractivity contribution >= 4 is 42.6 Å². The van der Waals surface area contributed by atoms with E-state index in [-0.39, 0.29) is 15.5 Å². The highest BCUT2D eigenvalue weighted by Crippen LogP contribution is 2.34. The van der Waals surface area contributed by atoms with Crippen LogP contribution in [-0.4, -0.2) is 26.5 Å². The molecule has 0 fully saturated rings. The molecule has 0 unspecified atom stereocenters. The first-order valence-corrected chi connectivity index (χ1v) is 9.01. The van der Waals surface area contributed by atoms with Gasteiger partial charge in [-0.1, -0.05) is 0 Å². The first kappa shape index (κ1) is 17.1. The molecule has 3 aromatic rings. The predicted molar refractivity (Wildman–Crippen MR) is 89.3 cm³/mol. The molecular weight excluding hydrogens is 373 g/mol. The zero-order valence-electron chi connectivity index (χ0n) is 12.6. The molecule has 130 valence electrons. The van der Waals surface area contributed by atoms with Gasteiger partial charge in [0.25, 0.3) is 10.0 Å². The smallest absolute Gasteiger partial charge is 0.351 e. The highest BCUT2D eigenvalue weighted by Gasteiger charge is 2.24. The van der Waals surface area contributed by atoms with E-state index in [1.165, 1.54) is 13.1 Å². The van der Waals surface area contributed by atoms with Gasteiger partial charge in [0.15, 0.2) is 5.58 Å². The molecule has 3 rings (SSSR count). The average Bonchev–Trinajstić information content (AvgIpc) is 2.96. The van der Waals surface area contributed by atoms with Gasteiger partial charge >= 0.3 is 11.6 Å². The van der Waals surface area contributed by atoms with E-state index in [2.05, 4.69) is 0 Å². The molecule has 0 saturated heterocycles. The van der Waals surface area contributed by atoms with Gasteiger partial charge in [0.1, 0.15) is 16.4 Å². The lowest BCUT2D eigenvalue weighted by Gasteiger charge is -2.17. The summed E-state index contributed by atoms with van der Waals surface area (Å²) in [6.07, 6.45) is 0. The number of rotatable bonds is 4. The fourth-order valence-corrected chi connectivity index (χ4v) is 4.48. The van der Waals surface area contributed by atoms with Gasteiger partial charge in [0.2, 0.25) is 0 Å².